The van der Waals surface area contributed by atoms with Crippen LogP contribution in [0.25, 0.3) is 0 Å². The van der Waals surface area contributed by atoms with Crippen molar-refractivity contribution in [2.24, 2.45) is 0 Å². The molecule has 75 valence electrons. The molecule has 0 N–H and O–H groups in total. The minimum Gasteiger partial charge on any atom is -0.485 e. The molecule has 0 saturated heterocycles. The molecule has 2 aromatic rings. The van der Waals surface area contributed by atoms with Gasteiger partial charge in [0.15, 0.2) is 17.6 Å². The van der Waals surface area contributed by atoms with Gasteiger partial charge in [-0.2, -0.15) is 11.3 Å². The van der Waals surface area contributed by atoms with Crippen LogP contribution in [0.2, 0.25) is 0 Å². The van der Waals surface area contributed by atoms with Crippen LogP contribution in [-0.4, -0.2) is 6.61 Å². The molecule has 3 heteroatoms. The van der Waals surface area contributed by atoms with Crippen LogP contribution in [0.5, 0.6) is 11.5 Å². The molecule has 15 heavy (non-hydrogen) atoms. The summed E-state index contributed by atoms with van der Waals surface area (Å²) < 4.78 is 11.4. The first-order valence-electron chi connectivity index (χ1n) is 4.76. The Morgan fingerprint density at radius 2 is 2.40 bits per heavy atom. The highest BCUT2D eigenvalue weighted by molar-refractivity contribution is 7.07. The number of benzene rings is 1. The predicted octanol–water partition coefficient (Wildman–Crippen LogP) is 3.06. The Kier molecular flexibility index (Phi) is 2.10. The summed E-state index contributed by atoms with van der Waals surface area (Å²) in [6, 6.07) is 10.7. The molecule has 0 bridgehead atoms. The van der Waals surface area contributed by atoms with Gasteiger partial charge in [-0.15, -0.1) is 0 Å². The average Bonchev–Trinajstić information content (AvgIpc) is 2.82. The fraction of sp³-hybridized carbons (Fsp3) is 0.167. The van der Waals surface area contributed by atoms with E-state index in [1.807, 2.05) is 23.6 Å². The Balaban J connectivity index is 1.89. The van der Waals surface area contributed by atoms with Gasteiger partial charge in [-0.05, 0) is 22.9 Å². The fourth-order valence-electron chi connectivity index (χ4n) is 1.58. The average molecular weight is 217 g/mol. The number of hydrogen-bond acceptors (Lipinski definition) is 3. The van der Waals surface area contributed by atoms with E-state index in [1.165, 1.54) is 5.56 Å². The molecule has 1 unspecified atom stereocenters. The second-order valence-electron chi connectivity index (χ2n) is 3.34. The summed E-state index contributed by atoms with van der Waals surface area (Å²) >= 11 is 1.67. The molecular weight excluding hydrogens is 208 g/mol. The maximum atomic E-state index is 5.83. The van der Waals surface area contributed by atoms with E-state index in [-0.39, 0.29) is 6.10 Å². The maximum Gasteiger partial charge on any atom is 0.169 e. The molecule has 3 rings (SSSR count). The van der Waals surface area contributed by atoms with Crippen LogP contribution in [0.1, 0.15) is 11.7 Å². The highest BCUT2D eigenvalue weighted by Crippen LogP contribution is 2.35. The van der Waals surface area contributed by atoms with Gasteiger partial charge in [0.2, 0.25) is 0 Å². The van der Waals surface area contributed by atoms with Crippen molar-refractivity contribution >= 4 is 11.3 Å². The minimum atomic E-state index is 0.0135. The number of hydrogen-bond donors (Lipinski definition) is 0. The van der Waals surface area contributed by atoms with Crippen molar-refractivity contribution in [1.82, 2.24) is 0 Å². The van der Waals surface area contributed by atoms with Crippen LogP contribution in [0.3, 0.4) is 0 Å². The van der Waals surface area contributed by atoms with Gasteiger partial charge in [-0.25, -0.2) is 0 Å². The third-order valence-corrected chi connectivity index (χ3v) is 3.05. The lowest BCUT2D eigenvalue weighted by molar-refractivity contribution is 0.0913. The minimum absolute atomic E-state index is 0.0135. The van der Waals surface area contributed by atoms with Crippen molar-refractivity contribution in [2.45, 2.75) is 6.10 Å². The first-order chi connectivity index (χ1) is 7.43. The second-order valence-corrected chi connectivity index (χ2v) is 4.12. The van der Waals surface area contributed by atoms with Gasteiger partial charge in [0, 0.05) is 11.6 Å². The Morgan fingerprint density at radius 1 is 1.40 bits per heavy atom. The van der Waals surface area contributed by atoms with Gasteiger partial charge >= 0.3 is 0 Å². The molecule has 0 aliphatic carbocycles. The molecule has 1 aliphatic rings. The zero-order chi connectivity index (χ0) is 10.1. The summed E-state index contributed by atoms with van der Waals surface area (Å²) in [5.74, 6) is 1.49. The van der Waals surface area contributed by atoms with E-state index in [2.05, 4.69) is 17.5 Å². The van der Waals surface area contributed by atoms with E-state index in [0.29, 0.717) is 12.4 Å². The molecular formula is C12H9O2S. The number of ether oxygens (including phenoxy) is 2. The van der Waals surface area contributed by atoms with Gasteiger partial charge < -0.3 is 9.47 Å². The van der Waals surface area contributed by atoms with Crippen molar-refractivity contribution in [3.63, 3.8) is 0 Å². The van der Waals surface area contributed by atoms with Gasteiger partial charge in [0.05, 0.1) is 0 Å². The van der Waals surface area contributed by atoms with E-state index >= 15 is 0 Å². The molecule has 0 amide bonds. The highest BCUT2D eigenvalue weighted by atomic mass is 32.1. The Hall–Kier alpha value is -1.48. The molecule has 2 nitrogen and oxygen atoms in total. The largest absolute Gasteiger partial charge is 0.485 e. The van der Waals surface area contributed by atoms with Gasteiger partial charge in [0.1, 0.15) is 6.61 Å². The zero-order valence-corrected chi connectivity index (χ0v) is 8.79. The highest BCUT2D eigenvalue weighted by Gasteiger charge is 2.22. The van der Waals surface area contributed by atoms with E-state index in [4.69, 9.17) is 9.47 Å². The van der Waals surface area contributed by atoms with E-state index in [0.717, 1.165) is 5.75 Å². The van der Waals surface area contributed by atoms with E-state index in [9.17, 15) is 0 Å². The topological polar surface area (TPSA) is 18.5 Å². The van der Waals surface area contributed by atoms with Gasteiger partial charge in [-0.3, -0.25) is 0 Å². The SMILES string of the molecule is [c]1cccc2c1OCC(c1ccsc1)O2. The predicted molar refractivity (Wildman–Crippen MR) is 58.5 cm³/mol. The van der Waals surface area contributed by atoms with Crippen LogP contribution < -0.4 is 9.47 Å². The fourth-order valence-corrected chi connectivity index (χ4v) is 2.28. The molecule has 0 spiro atoms. The quantitative estimate of drug-likeness (QED) is 0.731. The zero-order valence-electron chi connectivity index (χ0n) is 7.97. The Morgan fingerprint density at radius 3 is 3.27 bits per heavy atom. The Labute approximate surface area is 92.1 Å². The first-order valence-corrected chi connectivity index (χ1v) is 5.70. The number of thiophene rings is 1. The number of para-hydroxylation sites is 1. The molecule has 1 aromatic heterocycles. The van der Waals surface area contributed by atoms with E-state index < -0.39 is 0 Å². The molecule has 1 atom stereocenters. The summed E-state index contributed by atoms with van der Waals surface area (Å²) in [6.07, 6.45) is 0.0135. The van der Waals surface area contributed by atoms with Gasteiger partial charge in [-0.1, -0.05) is 12.1 Å². The molecule has 1 radical (unpaired) electrons. The summed E-state index contributed by atoms with van der Waals surface area (Å²) in [5, 5.41) is 4.14. The molecule has 0 fully saturated rings. The molecule has 1 aromatic carbocycles. The monoisotopic (exact) mass is 217 g/mol. The van der Waals surface area contributed by atoms with E-state index in [1.54, 1.807) is 11.3 Å². The van der Waals surface area contributed by atoms with Gasteiger partial charge in [0.25, 0.3) is 0 Å². The third-order valence-electron chi connectivity index (χ3n) is 2.35. The number of fused-ring (bicyclic) bond motifs is 1. The van der Waals surface area contributed by atoms with Crippen LogP contribution in [-0.2, 0) is 0 Å². The van der Waals surface area contributed by atoms with Crippen LogP contribution in [0, 0.1) is 6.07 Å². The number of rotatable bonds is 1. The lowest BCUT2D eigenvalue weighted by Gasteiger charge is -2.25. The standard InChI is InChI=1S/C12H9O2S/c1-2-4-11-10(3-1)13-7-12(14-11)9-5-6-15-8-9/h1-2,4-6,8,12H,7H2. The summed E-state index contributed by atoms with van der Waals surface area (Å²) in [4.78, 5) is 0. The maximum absolute atomic E-state index is 5.83. The van der Waals surface area contributed by atoms with Crippen LogP contribution in [0.4, 0.5) is 0 Å². The lowest BCUT2D eigenvalue weighted by atomic mass is 10.2. The Bertz CT molecular complexity index is 450. The van der Waals surface area contributed by atoms with Crippen LogP contribution in [0.15, 0.2) is 35.0 Å². The molecule has 2 heterocycles. The van der Waals surface area contributed by atoms with Crippen molar-refractivity contribution < 1.29 is 9.47 Å². The smallest absolute Gasteiger partial charge is 0.169 e. The summed E-state index contributed by atoms with van der Waals surface area (Å²) in [7, 11) is 0. The first kappa shape index (κ1) is 8.80. The van der Waals surface area contributed by atoms with Crippen molar-refractivity contribution in [2.75, 3.05) is 6.61 Å². The van der Waals surface area contributed by atoms with Crippen molar-refractivity contribution in [1.29, 1.82) is 0 Å². The normalized spacial score (nSPS) is 18.8. The second kappa shape index (κ2) is 3.59. The van der Waals surface area contributed by atoms with Crippen molar-refractivity contribution in [3.05, 3.63) is 46.7 Å². The lowest BCUT2D eigenvalue weighted by Crippen LogP contribution is -2.20. The third kappa shape index (κ3) is 1.59. The summed E-state index contributed by atoms with van der Waals surface area (Å²) in [5.41, 5.74) is 1.18. The molecule has 0 saturated carbocycles. The van der Waals surface area contributed by atoms with Crippen molar-refractivity contribution in [3.8, 4) is 11.5 Å². The molecule has 1 aliphatic heterocycles. The summed E-state index contributed by atoms with van der Waals surface area (Å²) in [6.45, 7) is 0.560. The van der Waals surface area contributed by atoms with Crippen LogP contribution >= 0.6 is 11.3 Å².